The van der Waals surface area contributed by atoms with E-state index < -0.39 is 6.04 Å². The summed E-state index contributed by atoms with van der Waals surface area (Å²) in [6.45, 7) is 7.33. The predicted molar refractivity (Wildman–Crippen MR) is 128 cm³/mol. The van der Waals surface area contributed by atoms with E-state index in [0.29, 0.717) is 30.9 Å². The number of nitrogens with one attached hydrogen (secondary N) is 1. The number of nitrogens with zero attached hydrogens (tertiary/aromatic N) is 2. The third-order valence-corrected chi connectivity index (χ3v) is 6.49. The van der Waals surface area contributed by atoms with Crippen LogP contribution in [0.1, 0.15) is 29.9 Å². The summed E-state index contributed by atoms with van der Waals surface area (Å²) in [5, 5.41) is 13.2. The maximum atomic E-state index is 13.2. The van der Waals surface area contributed by atoms with E-state index >= 15 is 0 Å². The Hall–Kier alpha value is -1.71. The normalized spacial score (nSPS) is 16.7. The number of hydrogen-bond acceptors (Lipinski definition) is 6. The second-order valence-electron chi connectivity index (χ2n) is 8.37. The summed E-state index contributed by atoms with van der Waals surface area (Å²) in [5.74, 6) is 0.0672. The smallest absolute Gasteiger partial charge is 0.262 e. The fraction of sp³-hybridized carbons (Fsp3) is 0.545. The maximum absolute atomic E-state index is 13.2. The maximum Gasteiger partial charge on any atom is 0.262 e. The molecule has 3 rings (SSSR count). The highest BCUT2D eigenvalue weighted by molar-refractivity contribution is 7.20. The first kappa shape index (κ1) is 25.5. The van der Waals surface area contributed by atoms with Crippen molar-refractivity contribution >= 4 is 45.6 Å². The summed E-state index contributed by atoms with van der Waals surface area (Å²) in [6.07, 6.45) is 0.602. The van der Waals surface area contributed by atoms with Gasteiger partial charge in [0.05, 0.1) is 11.5 Å². The van der Waals surface area contributed by atoms with Gasteiger partial charge in [-0.2, -0.15) is 0 Å². The molecule has 2 heterocycles. The number of thiophene rings is 1. The van der Waals surface area contributed by atoms with Crippen molar-refractivity contribution in [3.63, 3.8) is 0 Å². The van der Waals surface area contributed by atoms with Gasteiger partial charge in [0.25, 0.3) is 5.91 Å². The van der Waals surface area contributed by atoms with Crippen LogP contribution in [0.5, 0.6) is 0 Å². The van der Waals surface area contributed by atoms with Crippen LogP contribution in [0.4, 0.5) is 0 Å². The lowest BCUT2D eigenvalue weighted by molar-refractivity contribution is -0.135. The first-order valence-electron chi connectivity index (χ1n) is 10.5. The van der Waals surface area contributed by atoms with Crippen molar-refractivity contribution in [2.24, 2.45) is 11.7 Å². The lowest BCUT2D eigenvalue weighted by atomic mass is 10.0. The number of piperazine rings is 1. The number of rotatable bonds is 8. The van der Waals surface area contributed by atoms with Crippen LogP contribution in [0.15, 0.2) is 30.3 Å². The van der Waals surface area contributed by atoms with Crippen molar-refractivity contribution in [2.45, 2.75) is 32.4 Å². The molecule has 0 unspecified atom stereocenters. The van der Waals surface area contributed by atoms with E-state index in [1.54, 1.807) is 0 Å². The van der Waals surface area contributed by atoms with E-state index in [2.05, 4.69) is 24.1 Å². The van der Waals surface area contributed by atoms with Gasteiger partial charge in [-0.1, -0.05) is 32.0 Å². The van der Waals surface area contributed by atoms with E-state index in [-0.39, 0.29) is 42.8 Å². The van der Waals surface area contributed by atoms with Crippen molar-refractivity contribution < 1.29 is 14.7 Å². The summed E-state index contributed by atoms with van der Waals surface area (Å²) in [6, 6.07) is 8.98. The van der Waals surface area contributed by atoms with Gasteiger partial charge in [0, 0.05) is 43.5 Å². The molecule has 0 bridgehead atoms. The molecule has 2 atom stereocenters. The third-order valence-electron chi connectivity index (χ3n) is 5.37. The van der Waals surface area contributed by atoms with E-state index in [1.807, 2.05) is 35.2 Å². The molecule has 1 aliphatic rings. The number of carbonyl (C=O) groups excluding carboxylic acids is 2. The SMILES string of the molecule is CC(C)C[C@H](NC(=O)c1cc2ccccc2s1)C(=O)N1CCN(C[C@@H](N)CO)CC1.Cl. The zero-order chi connectivity index (χ0) is 21.7. The van der Waals surface area contributed by atoms with E-state index in [0.717, 1.165) is 23.2 Å². The highest BCUT2D eigenvalue weighted by atomic mass is 35.5. The van der Waals surface area contributed by atoms with Crippen LogP contribution in [-0.4, -0.2) is 78.1 Å². The lowest BCUT2D eigenvalue weighted by Gasteiger charge is -2.37. The molecule has 1 aliphatic heterocycles. The van der Waals surface area contributed by atoms with Crippen molar-refractivity contribution in [3.8, 4) is 0 Å². The van der Waals surface area contributed by atoms with Gasteiger partial charge >= 0.3 is 0 Å². The van der Waals surface area contributed by atoms with Gasteiger partial charge in [-0.05, 0) is 29.9 Å². The Morgan fingerprint density at radius 3 is 2.48 bits per heavy atom. The number of aliphatic hydroxyl groups is 1. The zero-order valence-corrected chi connectivity index (χ0v) is 19.8. The van der Waals surface area contributed by atoms with Gasteiger partial charge in [0.1, 0.15) is 6.04 Å². The first-order valence-corrected chi connectivity index (χ1v) is 11.4. The monoisotopic (exact) mass is 468 g/mol. The van der Waals surface area contributed by atoms with Gasteiger partial charge < -0.3 is 21.1 Å². The molecule has 0 saturated carbocycles. The second-order valence-corrected chi connectivity index (χ2v) is 9.46. The largest absolute Gasteiger partial charge is 0.395 e. The summed E-state index contributed by atoms with van der Waals surface area (Å²) >= 11 is 1.45. The molecule has 0 aliphatic carbocycles. The van der Waals surface area contributed by atoms with Crippen LogP contribution in [0.2, 0.25) is 0 Å². The van der Waals surface area contributed by atoms with Crippen LogP contribution in [0.3, 0.4) is 0 Å². The minimum atomic E-state index is -0.533. The Morgan fingerprint density at radius 1 is 1.19 bits per heavy atom. The average Bonchev–Trinajstić information content (AvgIpc) is 3.17. The van der Waals surface area contributed by atoms with Gasteiger partial charge in [-0.3, -0.25) is 14.5 Å². The molecular formula is C22H33ClN4O3S. The fourth-order valence-electron chi connectivity index (χ4n) is 3.78. The Labute approximate surface area is 194 Å². The van der Waals surface area contributed by atoms with Crippen LogP contribution < -0.4 is 11.1 Å². The van der Waals surface area contributed by atoms with Crippen LogP contribution >= 0.6 is 23.7 Å². The molecule has 1 saturated heterocycles. The summed E-state index contributed by atoms with van der Waals surface area (Å²) in [7, 11) is 0. The number of halogens is 1. The van der Waals surface area contributed by atoms with Crippen LogP contribution in [0.25, 0.3) is 10.1 Å². The topological polar surface area (TPSA) is 98.9 Å². The molecule has 2 amide bonds. The number of fused-ring (bicyclic) bond motifs is 1. The molecule has 1 fully saturated rings. The minimum Gasteiger partial charge on any atom is -0.395 e. The first-order chi connectivity index (χ1) is 14.4. The van der Waals surface area contributed by atoms with Crippen molar-refractivity contribution in [1.29, 1.82) is 0 Å². The molecule has 7 nitrogen and oxygen atoms in total. The van der Waals surface area contributed by atoms with E-state index in [4.69, 9.17) is 10.8 Å². The highest BCUT2D eigenvalue weighted by Crippen LogP contribution is 2.25. The van der Waals surface area contributed by atoms with E-state index in [9.17, 15) is 9.59 Å². The molecule has 1 aromatic heterocycles. The Balaban J connectivity index is 0.00000341. The van der Waals surface area contributed by atoms with Crippen LogP contribution in [-0.2, 0) is 4.79 Å². The molecule has 4 N–H and O–H groups in total. The molecular weight excluding hydrogens is 436 g/mol. The number of benzene rings is 1. The number of nitrogens with two attached hydrogens (primary N) is 1. The highest BCUT2D eigenvalue weighted by Gasteiger charge is 2.30. The number of aliphatic hydroxyl groups excluding tert-OH is 1. The third kappa shape index (κ3) is 6.89. The van der Waals surface area contributed by atoms with Crippen LogP contribution in [0, 0.1) is 5.92 Å². The molecule has 9 heteroatoms. The predicted octanol–water partition coefficient (Wildman–Crippen LogP) is 1.93. The number of hydrogen-bond donors (Lipinski definition) is 3. The van der Waals surface area contributed by atoms with Gasteiger partial charge in [0.2, 0.25) is 5.91 Å². The number of amides is 2. The van der Waals surface area contributed by atoms with Crippen molar-refractivity contribution in [2.75, 3.05) is 39.3 Å². The summed E-state index contributed by atoms with van der Waals surface area (Å²) in [4.78, 5) is 30.7. The average molecular weight is 469 g/mol. The van der Waals surface area contributed by atoms with Crippen molar-refractivity contribution in [3.05, 3.63) is 35.2 Å². The Bertz CT molecular complexity index is 834. The van der Waals surface area contributed by atoms with Crippen molar-refractivity contribution in [1.82, 2.24) is 15.1 Å². The molecule has 0 spiro atoms. The summed E-state index contributed by atoms with van der Waals surface area (Å²) < 4.78 is 1.06. The molecule has 2 aromatic rings. The lowest BCUT2D eigenvalue weighted by Crippen LogP contribution is -2.56. The fourth-order valence-corrected chi connectivity index (χ4v) is 4.74. The molecule has 0 radical (unpaired) electrons. The standard InChI is InChI=1S/C22H32N4O3S.ClH/c1-15(2)11-18(22(29)26-9-7-25(8-10-26)13-17(23)14-27)24-21(28)20-12-16-5-3-4-6-19(16)30-20;/h3-6,12,15,17-18,27H,7-11,13-14,23H2,1-2H3,(H,24,28);1H/t17-,18+;/m1./s1. The minimum absolute atomic E-state index is 0. The quantitative estimate of drug-likeness (QED) is 0.549. The Kier molecular flexibility index (Phi) is 9.71. The summed E-state index contributed by atoms with van der Waals surface area (Å²) in [5.41, 5.74) is 5.82. The number of carbonyl (C=O) groups is 2. The molecule has 31 heavy (non-hydrogen) atoms. The van der Waals surface area contributed by atoms with Gasteiger partial charge in [-0.15, -0.1) is 23.7 Å². The molecule has 172 valence electrons. The van der Waals surface area contributed by atoms with Gasteiger partial charge in [-0.25, -0.2) is 0 Å². The Morgan fingerprint density at radius 2 is 1.87 bits per heavy atom. The van der Waals surface area contributed by atoms with E-state index in [1.165, 1.54) is 11.3 Å². The zero-order valence-electron chi connectivity index (χ0n) is 18.1. The molecule has 1 aromatic carbocycles. The van der Waals surface area contributed by atoms with Gasteiger partial charge in [0.15, 0.2) is 0 Å². The second kappa shape index (κ2) is 11.8.